The molecule has 2 heterocycles. The molecule has 1 saturated heterocycles. The molecule has 9 heteroatoms. The van der Waals surface area contributed by atoms with Gasteiger partial charge >= 0.3 is 0 Å². The van der Waals surface area contributed by atoms with Crippen LogP contribution in [0.15, 0.2) is 18.2 Å². The minimum Gasteiger partial charge on any atom is -0.345 e. The van der Waals surface area contributed by atoms with Crippen molar-refractivity contribution in [2.24, 2.45) is 11.8 Å². The minimum atomic E-state index is -0.651. The van der Waals surface area contributed by atoms with Gasteiger partial charge in [-0.25, -0.2) is 13.8 Å². The van der Waals surface area contributed by atoms with E-state index in [1.165, 1.54) is 0 Å². The Labute approximate surface area is 184 Å². The average Bonchev–Trinajstić information content (AvgIpc) is 3.19. The molecule has 4 rings (SSSR count). The number of carbonyl (C=O) groups excluding carboxylic acids is 2. The van der Waals surface area contributed by atoms with E-state index in [9.17, 15) is 18.4 Å². The summed E-state index contributed by atoms with van der Waals surface area (Å²) in [5, 5.41) is 3.46. The van der Waals surface area contributed by atoms with Crippen LogP contribution in [-0.2, 0) is 22.4 Å². The second kappa shape index (κ2) is 8.90. The fourth-order valence-corrected chi connectivity index (χ4v) is 5.27. The van der Waals surface area contributed by atoms with Gasteiger partial charge in [-0.05, 0) is 31.4 Å². The summed E-state index contributed by atoms with van der Waals surface area (Å²) < 4.78 is 27.2. The maximum Gasteiger partial charge on any atom is 0.227 e. The van der Waals surface area contributed by atoms with Gasteiger partial charge in [-0.1, -0.05) is 13.8 Å². The Kier molecular flexibility index (Phi) is 6.22. The van der Waals surface area contributed by atoms with E-state index >= 15 is 0 Å². The third-order valence-electron chi connectivity index (χ3n) is 5.84. The number of hydrogen-bond donors (Lipinski definition) is 1. The summed E-state index contributed by atoms with van der Waals surface area (Å²) in [5.74, 6) is -1.66. The van der Waals surface area contributed by atoms with Crippen LogP contribution in [-0.4, -0.2) is 47.9 Å². The average molecular weight is 449 g/mol. The molecule has 1 aliphatic heterocycles. The van der Waals surface area contributed by atoms with Gasteiger partial charge in [0.15, 0.2) is 5.13 Å². The van der Waals surface area contributed by atoms with Gasteiger partial charge in [0.2, 0.25) is 11.8 Å². The van der Waals surface area contributed by atoms with Crippen molar-refractivity contribution in [3.8, 4) is 0 Å². The Morgan fingerprint density at radius 2 is 1.94 bits per heavy atom. The highest BCUT2D eigenvalue weighted by atomic mass is 32.1. The van der Waals surface area contributed by atoms with E-state index in [0.717, 1.165) is 47.0 Å². The van der Waals surface area contributed by atoms with Gasteiger partial charge in [0, 0.05) is 49.0 Å². The van der Waals surface area contributed by atoms with Crippen molar-refractivity contribution in [2.45, 2.75) is 33.1 Å². The Hall–Kier alpha value is -2.55. The minimum absolute atomic E-state index is 0.00246. The molecule has 166 valence electrons. The second-order valence-electron chi connectivity index (χ2n) is 8.39. The third-order valence-corrected chi connectivity index (χ3v) is 7.02. The van der Waals surface area contributed by atoms with Crippen LogP contribution in [0.4, 0.5) is 19.6 Å². The van der Waals surface area contributed by atoms with Crippen molar-refractivity contribution >= 4 is 34.0 Å². The van der Waals surface area contributed by atoms with Gasteiger partial charge in [0.25, 0.3) is 0 Å². The molecule has 0 bridgehead atoms. The van der Waals surface area contributed by atoms with E-state index in [-0.39, 0.29) is 29.3 Å². The zero-order valence-corrected chi connectivity index (χ0v) is 18.5. The number of anilines is 2. The molecule has 0 radical (unpaired) electrons. The van der Waals surface area contributed by atoms with Crippen LogP contribution in [0.1, 0.15) is 30.8 Å². The monoisotopic (exact) mass is 448 g/mol. The van der Waals surface area contributed by atoms with E-state index in [2.05, 4.69) is 10.2 Å². The van der Waals surface area contributed by atoms with Crippen molar-refractivity contribution in [2.75, 3.05) is 36.4 Å². The van der Waals surface area contributed by atoms with Crippen LogP contribution in [0, 0.1) is 23.5 Å². The van der Waals surface area contributed by atoms with Crippen LogP contribution in [0.2, 0.25) is 0 Å². The zero-order chi connectivity index (χ0) is 22.1. The lowest BCUT2D eigenvalue weighted by molar-refractivity contribution is -0.134. The Balaban J connectivity index is 1.38. The number of thiazole rings is 1. The van der Waals surface area contributed by atoms with Crippen molar-refractivity contribution in [3.05, 3.63) is 40.4 Å². The lowest BCUT2D eigenvalue weighted by atomic mass is 9.90. The molecule has 0 saturated carbocycles. The molecule has 0 unspecified atom stereocenters. The molecule has 2 aromatic rings. The first-order chi connectivity index (χ1) is 14.8. The maximum absolute atomic E-state index is 13.8. The molecule has 6 nitrogen and oxygen atoms in total. The summed E-state index contributed by atoms with van der Waals surface area (Å²) in [7, 11) is 0. The number of benzene rings is 1. The van der Waals surface area contributed by atoms with Gasteiger partial charge in [-0.15, -0.1) is 11.3 Å². The number of rotatable bonds is 4. The lowest BCUT2D eigenvalue weighted by Crippen LogP contribution is -2.49. The van der Waals surface area contributed by atoms with E-state index < -0.39 is 11.6 Å². The highest BCUT2D eigenvalue weighted by Gasteiger charge is 2.30. The molecule has 1 atom stereocenters. The summed E-state index contributed by atoms with van der Waals surface area (Å²) in [6.45, 7) is 6.69. The number of aromatic nitrogens is 1. The molecule has 1 fully saturated rings. The highest BCUT2D eigenvalue weighted by Crippen LogP contribution is 2.35. The Bertz CT molecular complexity index is 986. The molecule has 2 aliphatic rings. The van der Waals surface area contributed by atoms with Gasteiger partial charge in [0.05, 0.1) is 11.4 Å². The number of piperazine rings is 1. The molecule has 31 heavy (non-hydrogen) atoms. The van der Waals surface area contributed by atoms with E-state index in [1.54, 1.807) is 11.3 Å². The molecule has 1 aliphatic carbocycles. The van der Waals surface area contributed by atoms with Crippen LogP contribution in [0.5, 0.6) is 0 Å². The fraction of sp³-hybridized carbons (Fsp3) is 0.500. The van der Waals surface area contributed by atoms with Crippen LogP contribution >= 0.6 is 11.3 Å². The molecule has 2 amide bonds. The number of amides is 2. The Morgan fingerprint density at radius 1 is 1.19 bits per heavy atom. The standard InChI is InChI=1S/C22H26F2N4O2S/c1-13(2)21(30)27-7-9-28(10-8-27)22-26-17-6-3-14(11-19(17)31-22)20(29)25-18-12-15(23)4-5-16(18)24/h4-5,12-14H,3,6-11H2,1-2H3,(H,25,29)/t14-/m0/s1. The predicted octanol–water partition coefficient (Wildman–Crippen LogP) is 3.47. The maximum atomic E-state index is 13.8. The summed E-state index contributed by atoms with van der Waals surface area (Å²) in [5.41, 5.74) is 0.885. The summed E-state index contributed by atoms with van der Waals surface area (Å²) in [6, 6.07) is 3.03. The molecule has 1 aromatic heterocycles. The first-order valence-electron chi connectivity index (χ1n) is 10.6. The number of carbonyl (C=O) groups is 2. The van der Waals surface area contributed by atoms with Crippen molar-refractivity contribution in [3.63, 3.8) is 0 Å². The zero-order valence-electron chi connectivity index (χ0n) is 17.7. The quantitative estimate of drug-likeness (QED) is 0.778. The molecule has 0 spiro atoms. The Morgan fingerprint density at radius 3 is 2.65 bits per heavy atom. The summed E-state index contributed by atoms with van der Waals surface area (Å²) in [4.78, 5) is 34.8. The predicted molar refractivity (Wildman–Crippen MR) is 116 cm³/mol. The molecular formula is C22H26F2N4O2S. The van der Waals surface area contributed by atoms with Crippen LogP contribution < -0.4 is 10.2 Å². The van der Waals surface area contributed by atoms with Gasteiger partial charge < -0.3 is 15.1 Å². The van der Waals surface area contributed by atoms with Crippen molar-refractivity contribution < 1.29 is 18.4 Å². The number of aryl methyl sites for hydroxylation is 1. The van der Waals surface area contributed by atoms with Crippen LogP contribution in [0.25, 0.3) is 0 Å². The van der Waals surface area contributed by atoms with Crippen LogP contribution in [0.3, 0.4) is 0 Å². The molecular weight excluding hydrogens is 422 g/mol. The fourth-order valence-electron chi connectivity index (χ4n) is 4.03. The van der Waals surface area contributed by atoms with Crippen molar-refractivity contribution in [1.82, 2.24) is 9.88 Å². The number of nitrogens with zero attached hydrogens (tertiary/aromatic N) is 3. The molecule has 1 aromatic carbocycles. The first-order valence-corrected chi connectivity index (χ1v) is 11.4. The first kappa shape index (κ1) is 21.7. The van der Waals surface area contributed by atoms with Gasteiger partial charge in [0.1, 0.15) is 11.6 Å². The number of nitrogens with one attached hydrogen (secondary N) is 1. The number of fused-ring (bicyclic) bond motifs is 1. The SMILES string of the molecule is CC(C)C(=O)N1CCN(c2nc3c(s2)C[C@@H](C(=O)Nc2cc(F)ccc2F)CC3)CC1. The lowest BCUT2D eigenvalue weighted by Gasteiger charge is -2.35. The van der Waals surface area contributed by atoms with Crippen molar-refractivity contribution in [1.29, 1.82) is 0 Å². The topological polar surface area (TPSA) is 65.5 Å². The summed E-state index contributed by atoms with van der Waals surface area (Å²) in [6.07, 6.45) is 1.85. The molecule has 1 N–H and O–H groups in total. The largest absolute Gasteiger partial charge is 0.345 e. The highest BCUT2D eigenvalue weighted by molar-refractivity contribution is 7.15. The summed E-state index contributed by atoms with van der Waals surface area (Å²) >= 11 is 1.59. The number of hydrogen-bond acceptors (Lipinski definition) is 5. The van der Waals surface area contributed by atoms with Gasteiger partial charge in [-0.2, -0.15) is 0 Å². The normalized spacial score (nSPS) is 18.8. The smallest absolute Gasteiger partial charge is 0.227 e. The van der Waals surface area contributed by atoms with E-state index in [4.69, 9.17) is 4.98 Å². The van der Waals surface area contributed by atoms with E-state index in [0.29, 0.717) is 32.4 Å². The second-order valence-corrected chi connectivity index (χ2v) is 9.45. The van der Waals surface area contributed by atoms with Gasteiger partial charge in [-0.3, -0.25) is 9.59 Å². The number of halogens is 2. The third kappa shape index (κ3) is 4.71. The van der Waals surface area contributed by atoms with E-state index in [1.807, 2.05) is 18.7 Å².